The molecule has 0 radical (unpaired) electrons. The maximum Gasteiger partial charge on any atom is 0.249 e. The van der Waals surface area contributed by atoms with Gasteiger partial charge in [-0.25, -0.2) is 0 Å². The van der Waals surface area contributed by atoms with Crippen molar-refractivity contribution in [2.24, 2.45) is 0 Å². The first kappa shape index (κ1) is 20.6. The lowest BCUT2D eigenvalue weighted by atomic mass is 10.1. The van der Waals surface area contributed by atoms with E-state index in [9.17, 15) is 9.90 Å². The number of benzene rings is 2. The zero-order valence-electron chi connectivity index (χ0n) is 14.9. The van der Waals surface area contributed by atoms with Gasteiger partial charge in [-0.3, -0.25) is 4.79 Å². The number of halogens is 1. The number of carbonyl (C=O) groups excluding carboxylic acids is 1. The lowest BCUT2D eigenvalue weighted by molar-refractivity contribution is -0.129. The van der Waals surface area contributed by atoms with E-state index in [1.807, 2.05) is 12.1 Å². The second kappa shape index (κ2) is 10.4. The predicted octanol–water partition coefficient (Wildman–Crippen LogP) is 2.51. The number of nitriles is 1. The number of aliphatic hydroxyl groups is 1. The van der Waals surface area contributed by atoms with Gasteiger partial charge in [0.2, 0.25) is 5.91 Å². The maximum atomic E-state index is 12.0. The molecule has 0 heterocycles. The van der Waals surface area contributed by atoms with Gasteiger partial charge in [0.25, 0.3) is 0 Å². The van der Waals surface area contributed by atoms with Crippen LogP contribution in [0.5, 0.6) is 11.5 Å². The van der Waals surface area contributed by atoms with Crippen LogP contribution in [0.2, 0.25) is 5.02 Å². The molecule has 2 rings (SSSR count). The molecule has 7 heteroatoms. The number of nitrogens with one attached hydrogen (secondary N) is 1. The Balaban J connectivity index is 1.83. The minimum absolute atomic E-state index is 0.0583. The van der Waals surface area contributed by atoms with E-state index in [1.165, 1.54) is 7.11 Å². The van der Waals surface area contributed by atoms with E-state index < -0.39 is 12.0 Å². The van der Waals surface area contributed by atoms with Gasteiger partial charge in [-0.15, -0.1) is 0 Å². The Hall–Kier alpha value is -2.75. The second-order valence-corrected chi connectivity index (χ2v) is 6.26. The van der Waals surface area contributed by atoms with Gasteiger partial charge in [0, 0.05) is 18.0 Å². The average molecular weight is 389 g/mol. The molecule has 2 aromatic carbocycles. The van der Waals surface area contributed by atoms with Crippen LogP contribution in [-0.4, -0.2) is 37.4 Å². The van der Waals surface area contributed by atoms with Gasteiger partial charge in [0.15, 0.2) is 18.1 Å². The molecule has 0 fully saturated rings. The van der Waals surface area contributed by atoms with Crippen LogP contribution in [0, 0.1) is 11.3 Å². The Morgan fingerprint density at radius 1 is 1.22 bits per heavy atom. The summed E-state index contributed by atoms with van der Waals surface area (Å²) < 4.78 is 10.5. The van der Waals surface area contributed by atoms with Crippen LogP contribution >= 0.6 is 11.6 Å². The summed E-state index contributed by atoms with van der Waals surface area (Å²) in [5, 5.41) is 21.9. The van der Waals surface area contributed by atoms with Crippen LogP contribution in [0.25, 0.3) is 0 Å². The van der Waals surface area contributed by atoms with Crippen molar-refractivity contribution in [1.82, 2.24) is 5.32 Å². The first-order valence-electron chi connectivity index (χ1n) is 8.40. The highest BCUT2D eigenvalue weighted by molar-refractivity contribution is 6.30. The summed E-state index contributed by atoms with van der Waals surface area (Å²) in [5.41, 5.74) is 1.77. The van der Waals surface area contributed by atoms with Gasteiger partial charge in [-0.05, 0) is 41.8 Å². The third-order valence-electron chi connectivity index (χ3n) is 3.88. The van der Waals surface area contributed by atoms with Crippen LogP contribution in [-0.2, 0) is 17.6 Å². The molecule has 142 valence electrons. The van der Waals surface area contributed by atoms with E-state index in [0.29, 0.717) is 29.5 Å². The van der Waals surface area contributed by atoms with Crippen molar-refractivity contribution in [3.8, 4) is 17.6 Å². The van der Waals surface area contributed by atoms with E-state index >= 15 is 0 Å². The van der Waals surface area contributed by atoms with Gasteiger partial charge < -0.3 is 19.9 Å². The van der Waals surface area contributed by atoms with Crippen molar-refractivity contribution in [3.63, 3.8) is 0 Å². The molecule has 0 spiro atoms. The topological polar surface area (TPSA) is 91.6 Å². The van der Waals surface area contributed by atoms with Crippen LogP contribution in [0.1, 0.15) is 11.1 Å². The molecule has 0 saturated heterocycles. The smallest absolute Gasteiger partial charge is 0.249 e. The fraction of sp³-hybridized carbons (Fsp3) is 0.300. The molecule has 1 atom stereocenters. The molecule has 2 N–H and O–H groups in total. The zero-order chi connectivity index (χ0) is 19.6. The van der Waals surface area contributed by atoms with E-state index in [-0.39, 0.29) is 13.0 Å². The Morgan fingerprint density at radius 3 is 2.59 bits per heavy atom. The van der Waals surface area contributed by atoms with E-state index in [2.05, 4.69) is 5.32 Å². The van der Waals surface area contributed by atoms with Crippen molar-refractivity contribution in [1.29, 1.82) is 5.26 Å². The predicted molar refractivity (Wildman–Crippen MR) is 102 cm³/mol. The number of nitrogens with zero attached hydrogens (tertiary/aromatic N) is 1. The SMILES string of the molecule is COc1cc(CCNC(=O)C(O)Cc2ccc(Cl)cc2)ccc1OCC#N. The standard InChI is InChI=1S/C20H21ClN2O4/c1-26-19-13-15(4-7-18(19)27-11-9-22)8-10-23-20(25)17(24)12-14-2-5-16(21)6-3-14/h2-7,13,17,24H,8,10-12H2,1H3,(H,23,25). The number of methoxy groups -OCH3 is 1. The number of hydrogen-bond acceptors (Lipinski definition) is 5. The summed E-state index contributed by atoms with van der Waals surface area (Å²) in [6.07, 6.45) is -0.335. The van der Waals surface area contributed by atoms with E-state index in [1.54, 1.807) is 36.4 Å². The number of hydrogen-bond donors (Lipinski definition) is 2. The number of amides is 1. The van der Waals surface area contributed by atoms with E-state index in [0.717, 1.165) is 11.1 Å². The summed E-state index contributed by atoms with van der Waals surface area (Å²) in [7, 11) is 1.52. The second-order valence-electron chi connectivity index (χ2n) is 5.82. The molecule has 6 nitrogen and oxygen atoms in total. The normalized spacial score (nSPS) is 11.3. The molecular weight excluding hydrogens is 368 g/mol. The van der Waals surface area contributed by atoms with Crippen LogP contribution < -0.4 is 14.8 Å². The fourth-order valence-corrected chi connectivity index (χ4v) is 2.61. The minimum Gasteiger partial charge on any atom is -0.493 e. The van der Waals surface area contributed by atoms with Crippen LogP contribution in [0.3, 0.4) is 0 Å². The van der Waals surface area contributed by atoms with Crippen molar-refractivity contribution in [3.05, 3.63) is 58.6 Å². The summed E-state index contributed by atoms with van der Waals surface area (Å²) in [5.74, 6) is 0.591. The number of rotatable bonds is 9. The fourth-order valence-electron chi connectivity index (χ4n) is 2.48. The van der Waals surface area contributed by atoms with Gasteiger partial charge in [-0.1, -0.05) is 29.8 Å². The lowest BCUT2D eigenvalue weighted by Gasteiger charge is -2.13. The summed E-state index contributed by atoms with van der Waals surface area (Å²) in [4.78, 5) is 12.0. The highest BCUT2D eigenvalue weighted by Gasteiger charge is 2.15. The third kappa shape index (κ3) is 6.48. The van der Waals surface area contributed by atoms with Gasteiger partial charge in [-0.2, -0.15) is 5.26 Å². The van der Waals surface area contributed by atoms with Crippen molar-refractivity contribution < 1.29 is 19.4 Å². The average Bonchev–Trinajstić information content (AvgIpc) is 2.68. The number of ether oxygens (including phenoxy) is 2. The highest BCUT2D eigenvalue weighted by atomic mass is 35.5. The van der Waals surface area contributed by atoms with Crippen molar-refractivity contribution in [2.45, 2.75) is 18.9 Å². The summed E-state index contributed by atoms with van der Waals surface area (Å²) in [6, 6.07) is 14.3. The van der Waals surface area contributed by atoms with Crippen LogP contribution in [0.4, 0.5) is 0 Å². The molecule has 0 aromatic heterocycles. The monoisotopic (exact) mass is 388 g/mol. The van der Waals surface area contributed by atoms with Gasteiger partial charge >= 0.3 is 0 Å². The summed E-state index contributed by atoms with van der Waals surface area (Å²) >= 11 is 5.82. The minimum atomic E-state index is -1.12. The van der Waals surface area contributed by atoms with E-state index in [4.69, 9.17) is 26.3 Å². The van der Waals surface area contributed by atoms with Crippen LogP contribution in [0.15, 0.2) is 42.5 Å². The lowest BCUT2D eigenvalue weighted by Crippen LogP contribution is -2.37. The highest BCUT2D eigenvalue weighted by Crippen LogP contribution is 2.28. The number of carbonyl (C=O) groups is 1. The first-order chi connectivity index (χ1) is 13.0. The molecule has 27 heavy (non-hydrogen) atoms. The first-order valence-corrected chi connectivity index (χ1v) is 8.78. The van der Waals surface area contributed by atoms with Crippen molar-refractivity contribution >= 4 is 17.5 Å². The molecule has 0 aliphatic rings. The molecule has 0 aliphatic carbocycles. The Kier molecular flexibility index (Phi) is 7.93. The van der Waals surface area contributed by atoms with Gasteiger partial charge in [0.05, 0.1) is 7.11 Å². The molecular formula is C20H21ClN2O4. The Morgan fingerprint density at radius 2 is 1.93 bits per heavy atom. The largest absolute Gasteiger partial charge is 0.493 e. The Bertz CT molecular complexity index is 803. The maximum absolute atomic E-state index is 12.0. The molecule has 2 aromatic rings. The zero-order valence-corrected chi connectivity index (χ0v) is 15.7. The molecule has 1 unspecified atom stereocenters. The van der Waals surface area contributed by atoms with Crippen molar-refractivity contribution in [2.75, 3.05) is 20.3 Å². The molecule has 1 amide bonds. The number of aliphatic hydroxyl groups excluding tert-OH is 1. The van der Waals surface area contributed by atoms with Gasteiger partial charge in [0.1, 0.15) is 12.2 Å². The molecule has 0 aliphatic heterocycles. The Labute approximate surface area is 163 Å². The quantitative estimate of drug-likeness (QED) is 0.688. The summed E-state index contributed by atoms with van der Waals surface area (Å²) in [6.45, 7) is 0.315. The molecule has 0 bridgehead atoms. The molecule has 0 saturated carbocycles. The third-order valence-corrected chi connectivity index (χ3v) is 4.13.